The maximum atomic E-state index is 13.3. The molecule has 0 bridgehead atoms. The SMILES string of the molecule is COC(=O)C1=CCN(S(=O)(=O)c2ccc(C)cc2)C1C1(C)SCCCS1. The minimum atomic E-state index is -3.72. The van der Waals surface area contributed by atoms with E-state index in [0.29, 0.717) is 5.57 Å². The fraction of sp³-hybridized carbons (Fsp3) is 0.500. The second-order valence-corrected chi connectivity index (χ2v) is 11.7. The number of nitrogens with zero attached hydrogens (tertiary/aromatic N) is 1. The molecule has 1 atom stereocenters. The van der Waals surface area contributed by atoms with Crippen LogP contribution in [0.2, 0.25) is 0 Å². The van der Waals surface area contributed by atoms with E-state index in [0.717, 1.165) is 23.5 Å². The number of sulfonamides is 1. The van der Waals surface area contributed by atoms with Crippen molar-refractivity contribution in [2.45, 2.75) is 35.3 Å². The molecule has 8 heteroatoms. The van der Waals surface area contributed by atoms with E-state index in [4.69, 9.17) is 4.74 Å². The number of thioether (sulfide) groups is 2. The van der Waals surface area contributed by atoms with Crippen molar-refractivity contribution in [2.24, 2.45) is 0 Å². The summed E-state index contributed by atoms with van der Waals surface area (Å²) in [6.07, 6.45) is 2.78. The fourth-order valence-corrected chi connectivity index (χ4v) is 8.29. The Labute approximate surface area is 163 Å². The van der Waals surface area contributed by atoms with Gasteiger partial charge in [-0.1, -0.05) is 23.8 Å². The lowest BCUT2D eigenvalue weighted by Crippen LogP contribution is -2.50. The summed E-state index contributed by atoms with van der Waals surface area (Å²) < 4.78 is 32.6. The van der Waals surface area contributed by atoms with Gasteiger partial charge >= 0.3 is 5.97 Å². The average molecular weight is 414 g/mol. The number of rotatable bonds is 4. The predicted molar refractivity (Wildman–Crippen MR) is 107 cm³/mol. The number of hydrogen-bond donors (Lipinski definition) is 0. The summed E-state index contributed by atoms with van der Waals surface area (Å²) in [5, 5.41) is 0. The molecule has 26 heavy (non-hydrogen) atoms. The van der Waals surface area contributed by atoms with Crippen LogP contribution in [-0.2, 0) is 19.6 Å². The Morgan fingerprint density at radius 3 is 2.42 bits per heavy atom. The smallest absolute Gasteiger partial charge is 0.335 e. The van der Waals surface area contributed by atoms with Crippen LogP contribution in [0, 0.1) is 6.92 Å². The van der Waals surface area contributed by atoms with Crippen LogP contribution in [0.25, 0.3) is 0 Å². The highest BCUT2D eigenvalue weighted by Gasteiger charge is 2.51. The highest BCUT2D eigenvalue weighted by Crippen LogP contribution is 2.50. The van der Waals surface area contributed by atoms with Crippen molar-refractivity contribution < 1.29 is 17.9 Å². The number of benzene rings is 1. The van der Waals surface area contributed by atoms with E-state index in [1.54, 1.807) is 53.9 Å². The molecule has 0 amide bonds. The summed E-state index contributed by atoms with van der Waals surface area (Å²) in [4.78, 5) is 12.6. The largest absolute Gasteiger partial charge is 0.466 e. The minimum Gasteiger partial charge on any atom is -0.466 e. The van der Waals surface area contributed by atoms with Crippen LogP contribution >= 0.6 is 23.5 Å². The molecular formula is C18H23NO4S3. The fourth-order valence-electron chi connectivity index (χ4n) is 3.31. The summed E-state index contributed by atoms with van der Waals surface area (Å²) in [6.45, 7) is 4.14. The zero-order valence-corrected chi connectivity index (χ0v) is 17.5. The normalized spacial score (nSPS) is 23.5. The summed E-state index contributed by atoms with van der Waals surface area (Å²) in [7, 11) is -2.39. The van der Waals surface area contributed by atoms with Crippen molar-refractivity contribution in [3.63, 3.8) is 0 Å². The van der Waals surface area contributed by atoms with Gasteiger partial charge in [-0.15, -0.1) is 23.5 Å². The molecule has 1 aromatic carbocycles. The molecule has 2 aliphatic heterocycles. The van der Waals surface area contributed by atoms with Gasteiger partial charge in [-0.3, -0.25) is 0 Å². The Bertz CT molecular complexity index is 811. The van der Waals surface area contributed by atoms with Crippen LogP contribution in [-0.4, -0.2) is 54.0 Å². The Kier molecular flexibility index (Phi) is 5.77. The Morgan fingerprint density at radius 1 is 1.23 bits per heavy atom. The molecule has 1 aromatic rings. The third kappa shape index (κ3) is 3.56. The molecule has 0 N–H and O–H groups in total. The van der Waals surface area contributed by atoms with Crippen LogP contribution in [0.15, 0.2) is 40.8 Å². The van der Waals surface area contributed by atoms with Gasteiger partial charge in [0.1, 0.15) is 0 Å². The van der Waals surface area contributed by atoms with Gasteiger partial charge in [-0.2, -0.15) is 4.31 Å². The Morgan fingerprint density at radius 2 is 1.85 bits per heavy atom. The summed E-state index contributed by atoms with van der Waals surface area (Å²) in [6, 6.07) is 6.29. The minimum absolute atomic E-state index is 0.183. The van der Waals surface area contributed by atoms with Gasteiger partial charge in [0.25, 0.3) is 0 Å². The third-order valence-corrected chi connectivity index (χ3v) is 9.82. The zero-order valence-electron chi connectivity index (χ0n) is 15.1. The van der Waals surface area contributed by atoms with Crippen LogP contribution in [0.3, 0.4) is 0 Å². The van der Waals surface area contributed by atoms with Crippen LogP contribution in [0.4, 0.5) is 0 Å². The number of aryl methyl sites for hydroxylation is 1. The quantitative estimate of drug-likeness (QED) is 0.707. The first-order valence-corrected chi connectivity index (χ1v) is 11.9. The maximum Gasteiger partial charge on any atom is 0.335 e. The molecule has 2 heterocycles. The first-order chi connectivity index (χ1) is 12.3. The second kappa shape index (κ2) is 7.58. The zero-order chi connectivity index (χ0) is 18.9. The highest BCUT2D eigenvalue weighted by molar-refractivity contribution is 8.18. The standard InChI is InChI=1S/C18H23NO4S3/c1-13-5-7-14(8-6-13)26(21,22)19-10-9-15(17(20)23-3)16(19)18(2)24-11-4-12-25-18/h5-9,16H,4,10-12H2,1-3H3. The lowest BCUT2D eigenvalue weighted by atomic mass is 10.1. The van der Waals surface area contributed by atoms with Crippen LogP contribution in [0.1, 0.15) is 18.9 Å². The molecule has 0 saturated carbocycles. The van der Waals surface area contributed by atoms with Crippen LogP contribution in [0.5, 0.6) is 0 Å². The van der Waals surface area contributed by atoms with Crippen molar-refractivity contribution >= 4 is 39.5 Å². The maximum absolute atomic E-state index is 13.3. The molecule has 142 valence electrons. The monoisotopic (exact) mass is 413 g/mol. The molecule has 1 fully saturated rings. The van der Waals surface area contributed by atoms with E-state index in [9.17, 15) is 13.2 Å². The van der Waals surface area contributed by atoms with Gasteiger partial charge in [0.2, 0.25) is 10.0 Å². The van der Waals surface area contributed by atoms with Gasteiger partial charge in [0.15, 0.2) is 0 Å². The molecule has 0 aliphatic carbocycles. The van der Waals surface area contributed by atoms with Gasteiger partial charge in [-0.05, 0) is 43.9 Å². The number of methoxy groups -OCH3 is 1. The van der Waals surface area contributed by atoms with Crippen molar-refractivity contribution in [2.75, 3.05) is 25.2 Å². The topological polar surface area (TPSA) is 63.7 Å². The number of carbonyl (C=O) groups is 1. The van der Waals surface area contributed by atoms with Gasteiger partial charge in [-0.25, -0.2) is 13.2 Å². The van der Waals surface area contributed by atoms with Gasteiger partial charge in [0, 0.05) is 6.54 Å². The summed E-state index contributed by atoms with van der Waals surface area (Å²) in [5.41, 5.74) is 1.44. The van der Waals surface area contributed by atoms with E-state index >= 15 is 0 Å². The van der Waals surface area contributed by atoms with Crippen molar-refractivity contribution in [1.82, 2.24) is 4.31 Å². The van der Waals surface area contributed by atoms with Crippen molar-refractivity contribution in [1.29, 1.82) is 0 Å². The Balaban J connectivity index is 2.02. The number of carbonyl (C=O) groups excluding carboxylic acids is 1. The molecule has 0 aromatic heterocycles. The first-order valence-electron chi connectivity index (χ1n) is 8.44. The van der Waals surface area contributed by atoms with E-state index < -0.39 is 26.1 Å². The number of ether oxygens (including phenoxy) is 1. The second-order valence-electron chi connectivity index (χ2n) is 6.51. The van der Waals surface area contributed by atoms with Crippen molar-refractivity contribution in [3.8, 4) is 0 Å². The summed E-state index contributed by atoms with van der Waals surface area (Å²) in [5.74, 6) is 1.45. The Hall–Kier alpha value is -0.960. The molecule has 0 spiro atoms. The van der Waals surface area contributed by atoms with Crippen LogP contribution < -0.4 is 0 Å². The van der Waals surface area contributed by atoms with Gasteiger partial charge < -0.3 is 4.74 Å². The molecule has 1 unspecified atom stereocenters. The lowest BCUT2D eigenvalue weighted by molar-refractivity contribution is -0.136. The third-order valence-electron chi connectivity index (χ3n) is 4.69. The average Bonchev–Trinajstić information content (AvgIpc) is 3.09. The molecule has 2 aliphatic rings. The predicted octanol–water partition coefficient (Wildman–Crippen LogP) is 3.05. The van der Waals surface area contributed by atoms with E-state index in [2.05, 4.69) is 0 Å². The van der Waals surface area contributed by atoms with E-state index in [-0.39, 0.29) is 11.4 Å². The highest BCUT2D eigenvalue weighted by atomic mass is 32.2. The summed E-state index contributed by atoms with van der Waals surface area (Å²) >= 11 is 3.44. The molecule has 5 nitrogen and oxygen atoms in total. The molecule has 1 saturated heterocycles. The molecule has 3 rings (SSSR count). The van der Waals surface area contributed by atoms with Crippen molar-refractivity contribution in [3.05, 3.63) is 41.5 Å². The number of hydrogen-bond acceptors (Lipinski definition) is 6. The van der Waals surface area contributed by atoms with E-state index in [1.807, 2.05) is 13.8 Å². The lowest BCUT2D eigenvalue weighted by Gasteiger charge is -2.42. The first kappa shape index (κ1) is 19.8. The number of esters is 1. The van der Waals surface area contributed by atoms with Gasteiger partial charge in [0.05, 0.1) is 27.7 Å². The molecule has 0 radical (unpaired) electrons. The molecular weight excluding hydrogens is 390 g/mol. The van der Waals surface area contributed by atoms with E-state index in [1.165, 1.54) is 11.4 Å².